The molecule has 0 atom stereocenters. The monoisotopic (exact) mass is 239 g/mol. The molecule has 1 rings (SSSR count). The zero-order chi connectivity index (χ0) is 11.8. The van der Waals surface area contributed by atoms with E-state index in [2.05, 4.69) is 0 Å². The van der Waals surface area contributed by atoms with Gasteiger partial charge in [-0.25, -0.2) is 0 Å². The Labute approximate surface area is 100.0 Å². The van der Waals surface area contributed by atoms with Crippen LogP contribution in [0, 0.1) is 0 Å². The first-order chi connectivity index (χ1) is 7.77. The summed E-state index contributed by atoms with van der Waals surface area (Å²) < 4.78 is 5.47. The van der Waals surface area contributed by atoms with E-state index in [1.54, 1.807) is 5.41 Å². The van der Waals surface area contributed by atoms with Gasteiger partial charge in [-0.05, 0) is 42.8 Å². The second-order valence-corrected chi connectivity index (χ2v) is 3.73. The third kappa shape index (κ3) is 4.14. The Hall–Kier alpha value is -1.17. The third-order valence-corrected chi connectivity index (χ3v) is 2.39. The van der Waals surface area contributed by atoms with Crippen LogP contribution in [0.4, 0.5) is 0 Å². The highest BCUT2D eigenvalue weighted by Gasteiger charge is 1.97. The molecule has 0 saturated heterocycles. The lowest BCUT2D eigenvalue weighted by atomic mass is 10.2. The minimum atomic E-state index is 0.639. The standard InChI is InChI=1S/C11H17N3OS/c12-6-1-7-15-10-4-2-9(3-5-10)11(13)8-16-14/h2-5,8H,1,6-7,12-14H2/b11-8-. The second kappa shape index (κ2) is 7.16. The van der Waals surface area contributed by atoms with Crippen LogP contribution in [0.15, 0.2) is 29.7 Å². The Morgan fingerprint density at radius 1 is 1.31 bits per heavy atom. The fourth-order valence-corrected chi connectivity index (χ4v) is 1.44. The summed E-state index contributed by atoms with van der Waals surface area (Å²) in [5.74, 6) is 0.824. The minimum Gasteiger partial charge on any atom is -0.494 e. The highest BCUT2D eigenvalue weighted by atomic mass is 32.2. The molecule has 0 unspecified atom stereocenters. The molecule has 0 aliphatic rings. The van der Waals surface area contributed by atoms with Crippen molar-refractivity contribution in [2.75, 3.05) is 13.2 Å². The second-order valence-electron chi connectivity index (χ2n) is 3.22. The topological polar surface area (TPSA) is 87.3 Å². The van der Waals surface area contributed by atoms with Crippen LogP contribution in [0.1, 0.15) is 12.0 Å². The number of rotatable bonds is 6. The number of ether oxygens (including phenoxy) is 1. The van der Waals surface area contributed by atoms with E-state index in [-0.39, 0.29) is 0 Å². The molecule has 6 N–H and O–H groups in total. The Bertz CT molecular complexity index is 338. The molecule has 0 amide bonds. The average Bonchev–Trinajstić information content (AvgIpc) is 2.30. The average molecular weight is 239 g/mol. The Morgan fingerprint density at radius 3 is 2.56 bits per heavy atom. The van der Waals surface area contributed by atoms with Crippen molar-refractivity contribution >= 4 is 17.6 Å². The molecule has 16 heavy (non-hydrogen) atoms. The van der Waals surface area contributed by atoms with Gasteiger partial charge in [-0.2, -0.15) is 0 Å². The van der Waals surface area contributed by atoms with Crippen molar-refractivity contribution in [3.8, 4) is 5.75 Å². The molecular formula is C11H17N3OS. The van der Waals surface area contributed by atoms with Gasteiger partial charge in [0.2, 0.25) is 0 Å². The van der Waals surface area contributed by atoms with Gasteiger partial charge in [-0.3, -0.25) is 5.14 Å². The summed E-state index contributed by atoms with van der Waals surface area (Å²) in [6.45, 7) is 1.28. The van der Waals surface area contributed by atoms with Gasteiger partial charge < -0.3 is 16.2 Å². The molecular weight excluding hydrogens is 222 g/mol. The molecule has 4 nitrogen and oxygen atoms in total. The van der Waals surface area contributed by atoms with Crippen molar-refractivity contribution < 1.29 is 4.74 Å². The molecule has 0 fully saturated rings. The van der Waals surface area contributed by atoms with Crippen molar-refractivity contribution in [2.45, 2.75) is 6.42 Å². The lowest BCUT2D eigenvalue weighted by Gasteiger charge is -2.06. The summed E-state index contributed by atoms with van der Waals surface area (Å²) in [6.07, 6.45) is 0.855. The quantitative estimate of drug-likeness (QED) is 0.514. The summed E-state index contributed by atoms with van der Waals surface area (Å²) in [6, 6.07) is 7.57. The fraction of sp³-hybridized carbons (Fsp3) is 0.273. The van der Waals surface area contributed by atoms with Gasteiger partial charge in [-0.15, -0.1) is 0 Å². The molecule has 0 spiro atoms. The van der Waals surface area contributed by atoms with E-state index >= 15 is 0 Å². The van der Waals surface area contributed by atoms with E-state index in [1.165, 1.54) is 0 Å². The summed E-state index contributed by atoms with van der Waals surface area (Å²) in [5, 5.41) is 7.00. The van der Waals surface area contributed by atoms with Crippen LogP contribution in [-0.4, -0.2) is 13.2 Å². The van der Waals surface area contributed by atoms with Gasteiger partial charge >= 0.3 is 0 Å². The number of hydrogen-bond donors (Lipinski definition) is 3. The van der Waals surface area contributed by atoms with Crippen molar-refractivity contribution in [1.29, 1.82) is 0 Å². The molecule has 88 valence electrons. The van der Waals surface area contributed by atoms with Gasteiger partial charge in [0.05, 0.1) is 6.61 Å². The van der Waals surface area contributed by atoms with E-state index < -0.39 is 0 Å². The molecule has 1 aromatic rings. The zero-order valence-corrected chi connectivity index (χ0v) is 9.87. The molecule has 0 aliphatic carbocycles. The van der Waals surface area contributed by atoms with E-state index in [0.29, 0.717) is 18.8 Å². The maximum atomic E-state index is 5.78. The Morgan fingerprint density at radius 2 is 2.00 bits per heavy atom. The van der Waals surface area contributed by atoms with Gasteiger partial charge in [0.1, 0.15) is 5.75 Å². The van der Waals surface area contributed by atoms with Gasteiger partial charge in [-0.1, -0.05) is 11.9 Å². The van der Waals surface area contributed by atoms with E-state index in [4.69, 9.17) is 21.3 Å². The lowest BCUT2D eigenvalue weighted by molar-refractivity contribution is 0.313. The zero-order valence-electron chi connectivity index (χ0n) is 9.06. The van der Waals surface area contributed by atoms with Gasteiger partial charge in [0, 0.05) is 11.1 Å². The lowest BCUT2D eigenvalue weighted by Crippen LogP contribution is -2.06. The molecule has 1 aromatic carbocycles. The normalized spacial score (nSPS) is 11.5. The highest BCUT2D eigenvalue weighted by Crippen LogP contribution is 2.16. The number of nitrogens with two attached hydrogens (primary N) is 3. The Balaban J connectivity index is 2.57. The highest BCUT2D eigenvalue weighted by molar-refractivity contribution is 8.00. The summed E-state index contributed by atoms with van der Waals surface area (Å²) in [5.41, 5.74) is 12.7. The van der Waals surface area contributed by atoms with E-state index in [1.807, 2.05) is 24.3 Å². The van der Waals surface area contributed by atoms with Crippen molar-refractivity contribution in [2.24, 2.45) is 16.6 Å². The SMILES string of the molecule is NCCCOc1ccc(/C(N)=C/SN)cc1. The largest absolute Gasteiger partial charge is 0.494 e. The van der Waals surface area contributed by atoms with E-state index in [9.17, 15) is 0 Å². The summed E-state index contributed by atoms with van der Waals surface area (Å²) >= 11 is 1.09. The molecule has 0 aromatic heterocycles. The first-order valence-corrected chi connectivity index (χ1v) is 5.96. The summed E-state index contributed by atoms with van der Waals surface area (Å²) in [7, 11) is 0. The predicted molar refractivity (Wildman–Crippen MR) is 69.6 cm³/mol. The smallest absolute Gasteiger partial charge is 0.119 e. The molecule has 0 heterocycles. The molecule has 0 bridgehead atoms. The van der Waals surface area contributed by atoms with Crippen LogP contribution >= 0.6 is 11.9 Å². The van der Waals surface area contributed by atoms with Crippen LogP contribution in [0.5, 0.6) is 5.75 Å². The maximum absolute atomic E-state index is 5.78. The van der Waals surface area contributed by atoms with Crippen LogP contribution in [0.25, 0.3) is 5.70 Å². The summed E-state index contributed by atoms with van der Waals surface area (Å²) in [4.78, 5) is 0. The molecule has 0 radical (unpaired) electrons. The Kier molecular flexibility index (Phi) is 5.77. The van der Waals surface area contributed by atoms with Crippen LogP contribution in [-0.2, 0) is 0 Å². The van der Waals surface area contributed by atoms with Crippen LogP contribution in [0.2, 0.25) is 0 Å². The van der Waals surface area contributed by atoms with Crippen molar-refractivity contribution in [1.82, 2.24) is 0 Å². The fourth-order valence-electron chi connectivity index (χ4n) is 1.16. The first kappa shape index (κ1) is 12.9. The van der Waals surface area contributed by atoms with Crippen molar-refractivity contribution in [3.05, 3.63) is 35.2 Å². The predicted octanol–water partition coefficient (Wildman–Crippen LogP) is 1.28. The maximum Gasteiger partial charge on any atom is 0.119 e. The molecule has 0 aliphatic heterocycles. The molecule has 5 heteroatoms. The first-order valence-electron chi connectivity index (χ1n) is 5.02. The number of hydrogen-bond acceptors (Lipinski definition) is 5. The van der Waals surface area contributed by atoms with Crippen molar-refractivity contribution in [3.63, 3.8) is 0 Å². The number of benzene rings is 1. The van der Waals surface area contributed by atoms with E-state index in [0.717, 1.165) is 29.7 Å². The molecule has 0 saturated carbocycles. The minimum absolute atomic E-state index is 0.639. The van der Waals surface area contributed by atoms with Gasteiger partial charge in [0.15, 0.2) is 0 Å². The third-order valence-electron chi connectivity index (χ3n) is 2.00. The van der Waals surface area contributed by atoms with Crippen LogP contribution < -0.4 is 21.3 Å². The van der Waals surface area contributed by atoms with Crippen LogP contribution in [0.3, 0.4) is 0 Å². The van der Waals surface area contributed by atoms with Gasteiger partial charge in [0.25, 0.3) is 0 Å².